The number of phenols is 1. The smallest absolute Gasteiger partial charge is 0.259 e. The molecule has 0 spiro atoms. The Labute approximate surface area is 181 Å². The molecule has 5 nitrogen and oxygen atoms in total. The number of benzene rings is 2. The first-order valence-corrected chi connectivity index (χ1v) is 10.8. The normalized spacial score (nSPS) is 17.4. The van der Waals surface area contributed by atoms with Crippen LogP contribution in [0.1, 0.15) is 47.0 Å². The average molecular weight is 427 g/mol. The Bertz CT molecular complexity index is 1110. The SMILES string of the molecule is Cc1oc2ccc(O)c(CN3CCCC(C)C3)c2c1C(=O)Nc1cccc(Cl)c1C. The van der Waals surface area contributed by atoms with Gasteiger partial charge in [-0.25, -0.2) is 0 Å². The third kappa shape index (κ3) is 3.92. The molecule has 1 atom stereocenters. The van der Waals surface area contributed by atoms with E-state index in [0.29, 0.717) is 45.5 Å². The molecular formula is C24H27ClN2O3. The van der Waals surface area contributed by atoms with E-state index in [1.165, 1.54) is 6.42 Å². The summed E-state index contributed by atoms with van der Waals surface area (Å²) in [6.45, 7) is 8.45. The molecule has 1 aliphatic rings. The number of hydrogen-bond acceptors (Lipinski definition) is 4. The molecule has 0 aliphatic carbocycles. The summed E-state index contributed by atoms with van der Waals surface area (Å²) in [4.78, 5) is 15.6. The highest BCUT2D eigenvalue weighted by molar-refractivity contribution is 6.31. The molecule has 1 aromatic heterocycles. The van der Waals surface area contributed by atoms with Gasteiger partial charge in [0.25, 0.3) is 5.91 Å². The van der Waals surface area contributed by atoms with Crippen LogP contribution < -0.4 is 5.32 Å². The predicted molar refractivity (Wildman–Crippen MR) is 120 cm³/mol. The fourth-order valence-corrected chi connectivity index (χ4v) is 4.56. The van der Waals surface area contributed by atoms with Crippen LogP contribution in [-0.2, 0) is 6.54 Å². The lowest BCUT2D eigenvalue weighted by molar-refractivity contribution is 0.102. The van der Waals surface area contributed by atoms with Crippen LogP contribution in [0, 0.1) is 19.8 Å². The summed E-state index contributed by atoms with van der Waals surface area (Å²) in [5, 5.41) is 14.9. The highest BCUT2D eigenvalue weighted by Gasteiger charge is 2.25. The molecule has 2 heterocycles. The largest absolute Gasteiger partial charge is 0.508 e. The molecule has 1 saturated heterocycles. The summed E-state index contributed by atoms with van der Waals surface area (Å²) < 4.78 is 5.90. The fraction of sp³-hybridized carbons (Fsp3) is 0.375. The maximum atomic E-state index is 13.3. The van der Waals surface area contributed by atoms with Crippen LogP contribution in [0.5, 0.6) is 5.75 Å². The number of carbonyl (C=O) groups is 1. The van der Waals surface area contributed by atoms with Crippen LogP contribution in [0.15, 0.2) is 34.7 Å². The van der Waals surface area contributed by atoms with Crippen molar-refractivity contribution in [1.82, 2.24) is 4.90 Å². The van der Waals surface area contributed by atoms with E-state index in [-0.39, 0.29) is 11.7 Å². The maximum Gasteiger partial charge on any atom is 0.259 e. The van der Waals surface area contributed by atoms with Crippen LogP contribution in [-0.4, -0.2) is 29.0 Å². The van der Waals surface area contributed by atoms with E-state index in [1.807, 2.05) is 13.0 Å². The first-order chi connectivity index (χ1) is 14.3. The van der Waals surface area contributed by atoms with Crippen molar-refractivity contribution in [2.24, 2.45) is 5.92 Å². The molecule has 2 N–H and O–H groups in total. The van der Waals surface area contributed by atoms with Gasteiger partial charge in [0.05, 0.1) is 5.56 Å². The van der Waals surface area contributed by atoms with Crippen LogP contribution in [0.3, 0.4) is 0 Å². The van der Waals surface area contributed by atoms with Crippen LogP contribution in [0.2, 0.25) is 5.02 Å². The van der Waals surface area contributed by atoms with E-state index in [1.54, 1.807) is 31.2 Å². The number of hydrogen-bond donors (Lipinski definition) is 2. The molecule has 158 valence electrons. The van der Waals surface area contributed by atoms with Crippen molar-refractivity contribution >= 4 is 34.2 Å². The molecule has 1 unspecified atom stereocenters. The zero-order valence-electron chi connectivity index (χ0n) is 17.6. The average Bonchev–Trinajstić information content (AvgIpc) is 3.04. The standard InChI is InChI=1S/C24H27ClN2O3/c1-14-6-5-11-27(12-14)13-17-20(28)9-10-21-23(17)22(16(3)30-21)24(29)26-19-8-4-7-18(25)15(19)2/h4,7-10,14,28H,5-6,11-13H2,1-3H3,(H,26,29). The summed E-state index contributed by atoms with van der Waals surface area (Å²) in [7, 11) is 0. The van der Waals surface area contributed by atoms with Crippen LogP contribution in [0.25, 0.3) is 11.0 Å². The summed E-state index contributed by atoms with van der Waals surface area (Å²) in [5.41, 5.74) is 3.28. The minimum absolute atomic E-state index is 0.189. The van der Waals surface area contributed by atoms with Crippen molar-refractivity contribution in [2.45, 2.75) is 40.2 Å². The number of aromatic hydroxyl groups is 1. The molecule has 4 rings (SSSR count). The Balaban J connectivity index is 1.74. The molecule has 2 aromatic carbocycles. The summed E-state index contributed by atoms with van der Waals surface area (Å²) in [6.07, 6.45) is 2.37. The molecule has 1 fully saturated rings. The number of aryl methyl sites for hydroxylation is 1. The van der Waals surface area contributed by atoms with Gasteiger partial charge in [0.15, 0.2) is 0 Å². The Morgan fingerprint density at radius 2 is 2.10 bits per heavy atom. The Hall–Kier alpha value is -2.50. The van der Waals surface area contributed by atoms with Gasteiger partial charge in [0.1, 0.15) is 17.1 Å². The number of nitrogens with one attached hydrogen (secondary N) is 1. The number of piperidine rings is 1. The fourth-order valence-electron chi connectivity index (χ4n) is 4.38. The maximum absolute atomic E-state index is 13.3. The van der Waals surface area contributed by atoms with E-state index < -0.39 is 0 Å². The number of rotatable bonds is 4. The lowest BCUT2D eigenvalue weighted by Gasteiger charge is -2.31. The minimum atomic E-state index is -0.268. The second kappa shape index (κ2) is 8.32. The van der Waals surface area contributed by atoms with Crippen LogP contribution in [0.4, 0.5) is 5.69 Å². The van der Waals surface area contributed by atoms with E-state index in [2.05, 4.69) is 17.1 Å². The topological polar surface area (TPSA) is 65.7 Å². The molecule has 1 amide bonds. The van der Waals surface area contributed by atoms with Gasteiger partial charge in [-0.3, -0.25) is 9.69 Å². The molecule has 0 bridgehead atoms. The van der Waals surface area contributed by atoms with E-state index in [4.69, 9.17) is 16.0 Å². The Morgan fingerprint density at radius 3 is 2.87 bits per heavy atom. The number of carbonyl (C=O) groups excluding carboxylic acids is 1. The van der Waals surface area contributed by atoms with E-state index in [9.17, 15) is 9.90 Å². The van der Waals surface area contributed by atoms with Crippen molar-refractivity contribution in [3.63, 3.8) is 0 Å². The van der Waals surface area contributed by atoms with Gasteiger partial charge in [-0.2, -0.15) is 0 Å². The lowest BCUT2D eigenvalue weighted by atomic mass is 9.98. The molecule has 30 heavy (non-hydrogen) atoms. The third-order valence-electron chi connectivity index (χ3n) is 5.98. The van der Waals surface area contributed by atoms with Gasteiger partial charge < -0.3 is 14.8 Å². The quantitative estimate of drug-likeness (QED) is 0.545. The molecule has 6 heteroatoms. The minimum Gasteiger partial charge on any atom is -0.508 e. The zero-order valence-corrected chi connectivity index (χ0v) is 18.3. The molecule has 0 saturated carbocycles. The van der Waals surface area contributed by atoms with Crippen LogP contribution >= 0.6 is 11.6 Å². The molecule has 3 aromatic rings. The van der Waals surface area contributed by atoms with Gasteiger partial charge in [-0.1, -0.05) is 24.6 Å². The highest BCUT2D eigenvalue weighted by atomic mass is 35.5. The van der Waals surface area contributed by atoms with E-state index >= 15 is 0 Å². The van der Waals surface area contributed by atoms with Crippen molar-refractivity contribution in [3.8, 4) is 5.75 Å². The van der Waals surface area contributed by atoms with Crippen molar-refractivity contribution < 1.29 is 14.3 Å². The number of fused-ring (bicyclic) bond motifs is 1. The lowest BCUT2D eigenvalue weighted by Crippen LogP contribution is -2.33. The van der Waals surface area contributed by atoms with Gasteiger partial charge in [0, 0.05) is 34.7 Å². The molecule has 0 radical (unpaired) electrons. The van der Waals surface area contributed by atoms with Gasteiger partial charge in [-0.15, -0.1) is 0 Å². The van der Waals surface area contributed by atoms with Gasteiger partial charge in [-0.05, 0) is 69.0 Å². The molecule has 1 aliphatic heterocycles. The second-order valence-corrected chi connectivity index (χ2v) is 8.73. The predicted octanol–water partition coefficient (Wildman–Crippen LogP) is 5.89. The van der Waals surface area contributed by atoms with Crippen molar-refractivity contribution in [3.05, 3.63) is 57.8 Å². The summed E-state index contributed by atoms with van der Waals surface area (Å²) >= 11 is 6.21. The highest BCUT2D eigenvalue weighted by Crippen LogP contribution is 2.36. The van der Waals surface area contributed by atoms with Gasteiger partial charge >= 0.3 is 0 Å². The first kappa shape index (κ1) is 20.8. The number of furan rings is 1. The van der Waals surface area contributed by atoms with E-state index in [0.717, 1.165) is 30.6 Å². The number of phenolic OH excluding ortho intramolecular Hbond substituents is 1. The second-order valence-electron chi connectivity index (χ2n) is 8.32. The summed E-state index contributed by atoms with van der Waals surface area (Å²) in [5.74, 6) is 1.07. The van der Waals surface area contributed by atoms with Crippen molar-refractivity contribution in [2.75, 3.05) is 18.4 Å². The third-order valence-corrected chi connectivity index (χ3v) is 6.39. The summed E-state index contributed by atoms with van der Waals surface area (Å²) in [6, 6.07) is 8.79. The number of anilines is 1. The zero-order chi connectivity index (χ0) is 21.4. The number of halogens is 1. The first-order valence-electron chi connectivity index (χ1n) is 10.4. The Kier molecular flexibility index (Phi) is 5.76. The van der Waals surface area contributed by atoms with Crippen molar-refractivity contribution in [1.29, 1.82) is 0 Å². The Morgan fingerprint density at radius 1 is 1.30 bits per heavy atom. The monoisotopic (exact) mass is 426 g/mol. The molecular weight excluding hydrogens is 400 g/mol. The number of amides is 1. The van der Waals surface area contributed by atoms with Gasteiger partial charge in [0.2, 0.25) is 0 Å². The number of nitrogens with zero attached hydrogens (tertiary/aromatic N) is 1. The number of likely N-dealkylation sites (tertiary alicyclic amines) is 1.